The van der Waals surface area contributed by atoms with E-state index in [1.54, 1.807) is 7.11 Å². The first kappa shape index (κ1) is 17.3. The minimum Gasteiger partial charge on any atom is -0.383 e. The number of anilines is 2. The lowest BCUT2D eigenvalue weighted by Crippen LogP contribution is -2.32. The number of thiocarbonyl (C=S) groups is 1. The largest absolute Gasteiger partial charge is 0.383 e. The Hall–Kier alpha value is -1.04. The number of rotatable bonds is 5. The lowest BCUT2D eigenvalue weighted by Gasteiger charge is -2.26. The van der Waals surface area contributed by atoms with Crippen molar-refractivity contribution in [2.45, 2.75) is 25.7 Å². The molecule has 0 spiro atoms. The van der Waals surface area contributed by atoms with Gasteiger partial charge in [0.1, 0.15) is 0 Å². The molecule has 0 aliphatic carbocycles. The molecule has 1 aromatic carbocycles. The number of nitrogens with one attached hydrogen (secondary N) is 2. The summed E-state index contributed by atoms with van der Waals surface area (Å²) in [5.41, 5.74) is 2.13. The van der Waals surface area contributed by atoms with Crippen LogP contribution in [0.2, 0.25) is 5.02 Å². The molecular formula is C16H24ClN3OS. The van der Waals surface area contributed by atoms with E-state index in [1.165, 1.54) is 31.4 Å². The van der Waals surface area contributed by atoms with Gasteiger partial charge in [0, 0.05) is 31.8 Å². The fourth-order valence-electron chi connectivity index (χ4n) is 2.63. The van der Waals surface area contributed by atoms with E-state index in [4.69, 9.17) is 28.6 Å². The summed E-state index contributed by atoms with van der Waals surface area (Å²) in [6.07, 6.45) is 5.09. The highest BCUT2D eigenvalue weighted by Gasteiger charge is 2.14. The lowest BCUT2D eigenvalue weighted by molar-refractivity contribution is 0.204. The Bertz CT molecular complexity index is 490. The Morgan fingerprint density at radius 3 is 2.68 bits per heavy atom. The van der Waals surface area contributed by atoms with Crippen LogP contribution in [0.4, 0.5) is 11.4 Å². The number of hydrogen-bond acceptors (Lipinski definition) is 3. The highest BCUT2D eigenvalue weighted by atomic mass is 35.5. The third-order valence-corrected chi connectivity index (χ3v) is 4.23. The number of benzene rings is 1. The predicted molar refractivity (Wildman–Crippen MR) is 98.2 cm³/mol. The normalized spacial score (nSPS) is 15.3. The first-order valence-electron chi connectivity index (χ1n) is 7.79. The number of methoxy groups -OCH3 is 1. The second-order valence-electron chi connectivity index (χ2n) is 5.44. The smallest absolute Gasteiger partial charge is 0.170 e. The molecule has 122 valence electrons. The minimum absolute atomic E-state index is 0.593. The van der Waals surface area contributed by atoms with Crippen LogP contribution in [-0.4, -0.2) is 38.5 Å². The molecule has 0 radical (unpaired) electrons. The van der Waals surface area contributed by atoms with Crippen molar-refractivity contribution in [2.24, 2.45) is 0 Å². The number of hydrogen-bond donors (Lipinski definition) is 2. The zero-order valence-electron chi connectivity index (χ0n) is 13.0. The van der Waals surface area contributed by atoms with Crippen LogP contribution < -0.4 is 15.5 Å². The molecule has 1 heterocycles. The molecule has 1 aliphatic heterocycles. The van der Waals surface area contributed by atoms with E-state index >= 15 is 0 Å². The maximum Gasteiger partial charge on any atom is 0.170 e. The molecule has 1 aliphatic rings. The molecule has 2 N–H and O–H groups in total. The van der Waals surface area contributed by atoms with Crippen LogP contribution in [0, 0.1) is 0 Å². The van der Waals surface area contributed by atoms with Gasteiger partial charge in [-0.2, -0.15) is 0 Å². The van der Waals surface area contributed by atoms with Crippen LogP contribution in [0.5, 0.6) is 0 Å². The van der Waals surface area contributed by atoms with Crippen molar-refractivity contribution in [3.63, 3.8) is 0 Å². The zero-order chi connectivity index (χ0) is 15.8. The summed E-state index contributed by atoms with van der Waals surface area (Å²) in [7, 11) is 1.67. The molecule has 22 heavy (non-hydrogen) atoms. The van der Waals surface area contributed by atoms with Gasteiger partial charge in [0.15, 0.2) is 5.11 Å². The number of halogens is 1. The van der Waals surface area contributed by atoms with Gasteiger partial charge in [0.25, 0.3) is 0 Å². The second kappa shape index (κ2) is 9.18. The molecule has 6 heteroatoms. The van der Waals surface area contributed by atoms with E-state index < -0.39 is 0 Å². The third kappa shape index (κ3) is 5.30. The molecule has 1 fully saturated rings. The van der Waals surface area contributed by atoms with Gasteiger partial charge in [-0.05, 0) is 43.3 Å². The first-order valence-corrected chi connectivity index (χ1v) is 8.57. The molecule has 0 unspecified atom stereocenters. The molecular weight excluding hydrogens is 318 g/mol. The van der Waals surface area contributed by atoms with E-state index in [-0.39, 0.29) is 0 Å². The molecule has 4 nitrogen and oxygen atoms in total. The quantitative estimate of drug-likeness (QED) is 0.631. The molecule has 2 rings (SSSR count). The van der Waals surface area contributed by atoms with Crippen LogP contribution in [0.15, 0.2) is 18.2 Å². The molecule has 0 aromatic heterocycles. The van der Waals surface area contributed by atoms with Crippen molar-refractivity contribution in [3.05, 3.63) is 23.2 Å². The topological polar surface area (TPSA) is 36.5 Å². The molecule has 1 saturated heterocycles. The lowest BCUT2D eigenvalue weighted by atomic mass is 10.2. The Morgan fingerprint density at radius 2 is 2.00 bits per heavy atom. The summed E-state index contributed by atoms with van der Waals surface area (Å²) >= 11 is 11.5. The summed E-state index contributed by atoms with van der Waals surface area (Å²) < 4.78 is 5.02. The van der Waals surface area contributed by atoms with E-state index in [0.29, 0.717) is 23.3 Å². The van der Waals surface area contributed by atoms with Crippen molar-refractivity contribution in [1.82, 2.24) is 5.32 Å². The predicted octanol–water partition coefficient (Wildman–Crippen LogP) is 3.65. The third-order valence-electron chi connectivity index (χ3n) is 3.75. The zero-order valence-corrected chi connectivity index (χ0v) is 14.6. The number of nitrogens with zero attached hydrogens (tertiary/aromatic N) is 1. The van der Waals surface area contributed by atoms with Crippen molar-refractivity contribution >= 4 is 40.3 Å². The molecule has 1 aromatic rings. The van der Waals surface area contributed by atoms with Gasteiger partial charge in [0.2, 0.25) is 0 Å². The summed E-state index contributed by atoms with van der Waals surface area (Å²) in [6.45, 7) is 3.47. The van der Waals surface area contributed by atoms with Gasteiger partial charge in [0.05, 0.1) is 18.0 Å². The molecule has 0 atom stereocenters. The average Bonchev–Trinajstić information content (AvgIpc) is 2.77. The van der Waals surface area contributed by atoms with Gasteiger partial charge in [-0.15, -0.1) is 0 Å². The van der Waals surface area contributed by atoms with Crippen molar-refractivity contribution in [3.8, 4) is 0 Å². The van der Waals surface area contributed by atoms with E-state index in [1.807, 2.05) is 12.1 Å². The Labute approximate surface area is 143 Å². The van der Waals surface area contributed by atoms with Crippen LogP contribution in [0.1, 0.15) is 25.7 Å². The van der Waals surface area contributed by atoms with Gasteiger partial charge in [-0.3, -0.25) is 0 Å². The first-order chi connectivity index (χ1) is 10.7. The maximum atomic E-state index is 6.16. The highest BCUT2D eigenvalue weighted by molar-refractivity contribution is 7.80. The van der Waals surface area contributed by atoms with E-state index in [0.717, 1.165) is 18.8 Å². The van der Waals surface area contributed by atoms with Crippen LogP contribution in [0.3, 0.4) is 0 Å². The fraction of sp³-hybridized carbons (Fsp3) is 0.562. The van der Waals surface area contributed by atoms with E-state index in [2.05, 4.69) is 21.6 Å². The van der Waals surface area contributed by atoms with Crippen molar-refractivity contribution in [1.29, 1.82) is 0 Å². The number of ether oxygens (including phenoxy) is 1. The van der Waals surface area contributed by atoms with Crippen LogP contribution >= 0.6 is 23.8 Å². The van der Waals surface area contributed by atoms with Gasteiger partial charge < -0.3 is 20.3 Å². The van der Waals surface area contributed by atoms with Crippen LogP contribution in [0.25, 0.3) is 0 Å². The van der Waals surface area contributed by atoms with E-state index in [9.17, 15) is 0 Å². The standard InChI is InChI=1S/C16H24ClN3OS/c1-21-11-8-18-16(22)19-14-12-13(17)6-7-15(14)20-9-4-2-3-5-10-20/h6-7,12H,2-5,8-11H2,1H3,(H2,18,19,22). The molecule has 0 bridgehead atoms. The second-order valence-corrected chi connectivity index (χ2v) is 6.28. The molecule has 0 saturated carbocycles. The summed E-state index contributed by atoms with van der Waals surface area (Å²) in [5, 5.41) is 7.70. The summed E-state index contributed by atoms with van der Waals surface area (Å²) in [4.78, 5) is 2.42. The minimum atomic E-state index is 0.593. The maximum absolute atomic E-state index is 6.16. The monoisotopic (exact) mass is 341 g/mol. The van der Waals surface area contributed by atoms with Gasteiger partial charge >= 0.3 is 0 Å². The van der Waals surface area contributed by atoms with Crippen LogP contribution in [-0.2, 0) is 4.74 Å². The molecule has 0 amide bonds. The highest BCUT2D eigenvalue weighted by Crippen LogP contribution is 2.30. The van der Waals surface area contributed by atoms with Gasteiger partial charge in [-0.25, -0.2) is 0 Å². The SMILES string of the molecule is COCCNC(=S)Nc1cc(Cl)ccc1N1CCCCCC1. The summed E-state index contributed by atoms with van der Waals surface area (Å²) in [6, 6.07) is 5.95. The Morgan fingerprint density at radius 1 is 1.27 bits per heavy atom. The Balaban J connectivity index is 2.08. The fourth-order valence-corrected chi connectivity index (χ4v) is 3.01. The van der Waals surface area contributed by atoms with Crippen molar-refractivity contribution < 1.29 is 4.74 Å². The average molecular weight is 342 g/mol. The van der Waals surface area contributed by atoms with Crippen molar-refractivity contribution in [2.75, 3.05) is 43.6 Å². The van der Waals surface area contributed by atoms with Gasteiger partial charge in [-0.1, -0.05) is 24.4 Å². The summed E-state index contributed by atoms with van der Waals surface area (Å²) in [5.74, 6) is 0. The Kier molecular flexibility index (Phi) is 7.22.